The average molecular weight is 252 g/mol. The van der Waals surface area contributed by atoms with E-state index < -0.39 is 0 Å². The van der Waals surface area contributed by atoms with Crippen LogP contribution >= 0.6 is 0 Å². The van der Waals surface area contributed by atoms with Gasteiger partial charge >= 0.3 is 0 Å². The molecule has 1 saturated heterocycles. The van der Waals surface area contributed by atoms with Crippen LogP contribution in [0.2, 0.25) is 0 Å². The first-order chi connectivity index (χ1) is 8.74. The zero-order valence-electron chi connectivity index (χ0n) is 11.7. The van der Waals surface area contributed by atoms with E-state index in [0.717, 1.165) is 31.2 Å². The average Bonchev–Trinajstić information content (AvgIpc) is 2.84. The second kappa shape index (κ2) is 5.10. The molecule has 3 heteroatoms. The van der Waals surface area contributed by atoms with Gasteiger partial charge in [-0.2, -0.15) is 0 Å². The van der Waals surface area contributed by atoms with Gasteiger partial charge in [0.1, 0.15) is 0 Å². The molecule has 2 saturated carbocycles. The molecule has 3 aliphatic rings. The van der Waals surface area contributed by atoms with E-state index in [0.29, 0.717) is 0 Å². The molecule has 0 bridgehead atoms. The third-order valence-corrected chi connectivity index (χ3v) is 5.75. The maximum atomic E-state index is 6.05. The molecule has 2 N–H and O–H groups in total. The summed E-state index contributed by atoms with van der Waals surface area (Å²) >= 11 is 0. The Kier molecular flexibility index (Phi) is 3.65. The first-order valence-corrected chi connectivity index (χ1v) is 7.80. The van der Waals surface area contributed by atoms with E-state index in [4.69, 9.17) is 10.5 Å². The molecule has 0 aromatic rings. The zero-order chi connectivity index (χ0) is 12.6. The summed E-state index contributed by atoms with van der Waals surface area (Å²) in [5.74, 6) is 0.732. The van der Waals surface area contributed by atoms with E-state index in [2.05, 4.69) is 11.9 Å². The molecule has 18 heavy (non-hydrogen) atoms. The molecule has 0 amide bonds. The third-order valence-electron chi connectivity index (χ3n) is 5.75. The Morgan fingerprint density at radius 3 is 2.72 bits per heavy atom. The lowest BCUT2D eigenvalue weighted by atomic mass is 9.73. The third kappa shape index (κ3) is 2.21. The molecule has 0 radical (unpaired) electrons. The summed E-state index contributed by atoms with van der Waals surface area (Å²) < 4.78 is 6.05. The van der Waals surface area contributed by atoms with Gasteiger partial charge in [-0.05, 0) is 64.5 Å². The van der Waals surface area contributed by atoms with Crippen LogP contribution in [0.3, 0.4) is 0 Å². The van der Waals surface area contributed by atoms with E-state index in [-0.39, 0.29) is 5.60 Å². The van der Waals surface area contributed by atoms with Crippen molar-refractivity contribution in [3.05, 3.63) is 0 Å². The lowest BCUT2D eigenvalue weighted by Crippen LogP contribution is -2.54. The fraction of sp³-hybridized carbons (Fsp3) is 1.00. The van der Waals surface area contributed by atoms with Gasteiger partial charge in [0.05, 0.1) is 5.60 Å². The van der Waals surface area contributed by atoms with Crippen molar-refractivity contribution in [1.82, 2.24) is 4.90 Å². The molecule has 3 unspecified atom stereocenters. The van der Waals surface area contributed by atoms with Crippen LogP contribution in [0.25, 0.3) is 0 Å². The fourth-order valence-corrected chi connectivity index (χ4v) is 4.37. The minimum Gasteiger partial charge on any atom is -0.375 e. The van der Waals surface area contributed by atoms with Gasteiger partial charge in [-0.25, -0.2) is 0 Å². The summed E-state index contributed by atoms with van der Waals surface area (Å²) in [4.78, 5) is 2.66. The number of hydrogen-bond acceptors (Lipinski definition) is 3. The molecular formula is C15H28N2O. The van der Waals surface area contributed by atoms with Crippen molar-refractivity contribution in [2.75, 3.05) is 20.2 Å². The molecule has 2 aliphatic carbocycles. The summed E-state index contributed by atoms with van der Waals surface area (Å²) in [6.07, 6.45) is 10.5. The van der Waals surface area contributed by atoms with Gasteiger partial charge in [0.25, 0.3) is 0 Å². The lowest BCUT2D eigenvalue weighted by molar-refractivity contribution is -0.150. The highest BCUT2D eigenvalue weighted by Crippen LogP contribution is 2.44. The summed E-state index contributed by atoms with van der Waals surface area (Å²) in [6, 6.07) is 1.46. The molecule has 104 valence electrons. The van der Waals surface area contributed by atoms with Crippen molar-refractivity contribution >= 4 is 0 Å². The number of ether oxygens (including phenoxy) is 1. The highest BCUT2D eigenvalue weighted by Gasteiger charge is 2.45. The summed E-state index contributed by atoms with van der Waals surface area (Å²) in [5.41, 5.74) is 6.20. The number of nitrogens with two attached hydrogens (primary N) is 1. The van der Waals surface area contributed by atoms with Crippen molar-refractivity contribution in [3.63, 3.8) is 0 Å². The van der Waals surface area contributed by atoms with Gasteiger partial charge in [-0.3, -0.25) is 4.90 Å². The van der Waals surface area contributed by atoms with Gasteiger partial charge in [-0.1, -0.05) is 6.42 Å². The smallest absolute Gasteiger partial charge is 0.0697 e. The van der Waals surface area contributed by atoms with Crippen LogP contribution in [0.1, 0.15) is 51.4 Å². The van der Waals surface area contributed by atoms with Crippen molar-refractivity contribution < 1.29 is 4.74 Å². The SMILES string of the molecule is CN(C1CCOC2(CCC2)C1)C1CCCC1CN. The first kappa shape index (κ1) is 12.9. The molecule has 0 aromatic heterocycles. The number of hydrogen-bond donors (Lipinski definition) is 1. The Morgan fingerprint density at radius 1 is 1.22 bits per heavy atom. The van der Waals surface area contributed by atoms with Gasteiger partial charge in [0.2, 0.25) is 0 Å². The Labute approximate surface area is 111 Å². The molecule has 3 rings (SSSR count). The van der Waals surface area contributed by atoms with Crippen LogP contribution in [-0.2, 0) is 4.74 Å². The van der Waals surface area contributed by atoms with Crippen LogP contribution in [-0.4, -0.2) is 42.8 Å². The molecular weight excluding hydrogens is 224 g/mol. The fourth-order valence-electron chi connectivity index (χ4n) is 4.37. The summed E-state index contributed by atoms with van der Waals surface area (Å²) in [5, 5.41) is 0. The Balaban J connectivity index is 1.62. The highest BCUT2D eigenvalue weighted by molar-refractivity contribution is 4.98. The van der Waals surface area contributed by atoms with Gasteiger partial charge in [0.15, 0.2) is 0 Å². The lowest BCUT2D eigenvalue weighted by Gasteiger charge is -2.50. The van der Waals surface area contributed by atoms with E-state index in [1.807, 2.05) is 0 Å². The van der Waals surface area contributed by atoms with Gasteiger partial charge in [-0.15, -0.1) is 0 Å². The Hall–Kier alpha value is -0.120. The molecule has 0 aromatic carbocycles. The van der Waals surface area contributed by atoms with E-state index in [9.17, 15) is 0 Å². The normalized spacial score (nSPS) is 39.2. The second-order valence-electron chi connectivity index (χ2n) is 6.69. The van der Waals surface area contributed by atoms with Crippen LogP contribution in [0, 0.1) is 5.92 Å². The Bertz CT molecular complexity index is 290. The van der Waals surface area contributed by atoms with E-state index in [1.165, 1.54) is 51.4 Å². The van der Waals surface area contributed by atoms with Crippen molar-refractivity contribution in [2.24, 2.45) is 11.7 Å². The number of rotatable bonds is 3. The van der Waals surface area contributed by atoms with E-state index >= 15 is 0 Å². The van der Waals surface area contributed by atoms with Crippen molar-refractivity contribution in [1.29, 1.82) is 0 Å². The number of nitrogens with zero attached hydrogens (tertiary/aromatic N) is 1. The first-order valence-electron chi connectivity index (χ1n) is 7.80. The minimum absolute atomic E-state index is 0.272. The molecule has 3 fully saturated rings. The van der Waals surface area contributed by atoms with Crippen LogP contribution < -0.4 is 5.73 Å². The van der Waals surface area contributed by atoms with Crippen molar-refractivity contribution in [3.8, 4) is 0 Å². The molecule has 1 spiro atoms. The topological polar surface area (TPSA) is 38.5 Å². The predicted molar refractivity (Wildman–Crippen MR) is 73.5 cm³/mol. The minimum atomic E-state index is 0.272. The maximum absolute atomic E-state index is 6.05. The van der Waals surface area contributed by atoms with Gasteiger partial charge < -0.3 is 10.5 Å². The van der Waals surface area contributed by atoms with Crippen LogP contribution in [0.5, 0.6) is 0 Å². The van der Waals surface area contributed by atoms with Gasteiger partial charge in [0, 0.05) is 18.7 Å². The molecule has 1 aliphatic heterocycles. The van der Waals surface area contributed by atoms with Crippen molar-refractivity contribution in [2.45, 2.75) is 69.1 Å². The standard InChI is InChI=1S/C15H28N2O/c1-17(14-5-2-4-12(14)11-16)13-6-9-18-15(10-13)7-3-8-15/h12-14H,2-11,16H2,1H3. The molecule has 3 atom stereocenters. The second-order valence-corrected chi connectivity index (χ2v) is 6.69. The molecule has 3 nitrogen and oxygen atoms in total. The predicted octanol–water partition coefficient (Wildman–Crippen LogP) is 2.15. The maximum Gasteiger partial charge on any atom is 0.0697 e. The van der Waals surface area contributed by atoms with E-state index in [1.54, 1.807) is 0 Å². The zero-order valence-corrected chi connectivity index (χ0v) is 11.7. The van der Waals surface area contributed by atoms with Crippen LogP contribution in [0.15, 0.2) is 0 Å². The largest absolute Gasteiger partial charge is 0.375 e. The quantitative estimate of drug-likeness (QED) is 0.836. The van der Waals surface area contributed by atoms with Crippen LogP contribution in [0.4, 0.5) is 0 Å². The monoisotopic (exact) mass is 252 g/mol. The summed E-state index contributed by atoms with van der Waals surface area (Å²) in [6.45, 7) is 1.83. The Morgan fingerprint density at radius 2 is 2.06 bits per heavy atom. The highest BCUT2D eigenvalue weighted by atomic mass is 16.5. The molecule has 1 heterocycles. The summed E-state index contributed by atoms with van der Waals surface area (Å²) in [7, 11) is 2.33.